The summed E-state index contributed by atoms with van der Waals surface area (Å²) in [6.45, 7) is 0.801. The standard InChI is InChI=1S/C20H22F3N5O.C13H9F3N5O/c1-29-14-7-8-16-15(9-14)27-19(20(21,22)23)28(16)18-12-25-17(11-26-18)24-10-13-5-3-2-4-6-13;1-22-7-2-3-8-9(4-7)21(12(20-8)13(14,15)16)11-6-18-10(17)5-19-11/h7-9,11-13H,2-6,10H2,1H3,(H,24,25);2-6H,1H3,(H-,17,18)/q;-1. The molecule has 0 aliphatic heterocycles. The van der Waals surface area contributed by atoms with Crippen molar-refractivity contribution in [3.63, 3.8) is 0 Å². The molecule has 0 radical (unpaired) electrons. The molecule has 0 unspecified atom stereocenters. The number of benzene rings is 2. The Morgan fingerprint density at radius 3 is 1.88 bits per heavy atom. The minimum atomic E-state index is -4.66. The monoisotopic (exact) mass is 713 g/mol. The number of aromatic nitrogens is 8. The molecule has 1 aliphatic carbocycles. The number of alkyl halides is 6. The Hall–Kier alpha value is -5.68. The zero-order valence-electron chi connectivity index (χ0n) is 27.3. The van der Waals surface area contributed by atoms with Crippen LogP contribution in [0.15, 0.2) is 61.2 Å². The van der Waals surface area contributed by atoms with E-state index in [0.29, 0.717) is 23.2 Å². The summed E-state index contributed by atoms with van der Waals surface area (Å²) in [7, 11) is 2.87. The molecule has 268 valence electrons. The molecule has 7 rings (SSSR count). The van der Waals surface area contributed by atoms with Crippen LogP contribution in [0.25, 0.3) is 39.4 Å². The minimum Gasteiger partial charge on any atom is -0.497 e. The SMILES string of the molecule is COc1ccc2c(c1)nc(C(F)(F)F)n2-c1cnc(NCC2CCCCC2)cn1.COc1ccc2nc(C(F)(F)F)n(-c3cnc([NH-])cn3)c2c1. The van der Waals surface area contributed by atoms with Gasteiger partial charge in [0.1, 0.15) is 23.1 Å². The Morgan fingerprint density at radius 1 is 0.706 bits per heavy atom. The van der Waals surface area contributed by atoms with Crippen molar-refractivity contribution >= 4 is 33.7 Å². The van der Waals surface area contributed by atoms with Crippen molar-refractivity contribution in [2.75, 3.05) is 26.1 Å². The second-order valence-electron chi connectivity index (χ2n) is 11.7. The molecule has 1 aliphatic rings. The first-order valence-corrected chi connectivity index (χ1v) is 15.7. The quantitative estimate of drug-likeness (QED) is 0.162. The molecule has 0 bridgehead atoms. The van der Waals surface area contributed by atoms with Gasteiger partial charge < -0.3 is 25.5 Å². The van der Waals surface area contributed by atoms with Crippen molar-refractivity contribution in [3.8, 4) is 23.1 Å². The molecule has 6 aromatic rings. The molecule has 4 heterocycles. The summed E-state index contributed by atoms with van der Waals surface area (Å²) in [6.07, 6.45) is 1.84. The molecule has 0 spiro atoms. The second-order valence-corrected chi connectivity index (χ2v) is 11.7. The summed E-state index contributed by atoms with van der Waals surface area (Å²) in [4.78, 5) is 23.4. The van der Waals surface area contributed by atoms with Crippen LogP contribution < -0.4 is 14.8 Å². The molecular formula is C33H31F6N10O2-. The summed E-state index contributed by atoms with van der Waals surface area (Å²) in [5.74, 6) is -0.308. The van der Waals surface area contributed by atoms with Gasteiger partial charge in [0.05, 0.1) is 48.7 Å². The van der Waals surface area contributed by atoms with Gasteiger partial charge in [-0.2, -0.15) is 26.3 Å². The Bertz CT molecular complexity index is 2110. The van der Waals surface area contributed by atoms with Crippen LogP contribution in [0.4, 0.5) is 38.0 Å². The van der Waals surface area contributed by atoms with Gasteiger partial charge in [0.15, 0.2) is 5.82 Å². The highest BCUT2D eigenvalue weighted by Gasteiger charge is 2.39. The topological polar surface area (TPSA) is 141 Å². The van der Waals surface area contributed by atoms with Gasteiger partial charge in [0, 0.05) is 24.9 Å². The van der Waals surface area contributed by atoms with E-state index in [0.717, 1.165) is 28.1 Å². The zero-order valence-corrected chi connectivity index (χ0v) is 27.3. The average molecular weight is 714 g/mol. The van der Waals surface area contributed by atoms with Crippen molar-refractivity contribution in [2.24, 2.45) is 5.92 Å². The van der Waals surface area contributed by atoms with Crippen LogP contribution >= 0.6 is 0 Å². The van der Waals surface area contributed by atoms with Gasteiger partial charge in [-0.1, -0.05) is 19.3 Å². The van der Waals surface area contributed by atoms with Crippen LogP contribution in [0.1, 0.15) is 43.8 Å². The van der Waals surface area contributed by atoms with Crippen LogP contribution in [0, 0.1) is 5.92 Å². The van der Waals surface area contributed by atoms with Crippen LogP contribution in [0.2, 0.25) is 0 Å². The van der Waals surface area contributed by atoms with Crippen molar-refractivity contribution in [3.05, 3.63) is 78.6 Å². The first kappa shape index (κ1) is 35.2. The fourth-order valence-corrected chi connectivity index (χ4v) is 5.82. The second kappa shape index (κ2) is 14.3. The fourth-order valence-electron chi connectivity index (χ4n) is 5.82. The van der Waals surface area contributed by atoms with E-state index in [2.05, 4.69) is 35.2 Å². The Morgan fingerprint density at radius 2 is 1.29 bits per heavy atom. The molecule has 18 heteroatoms. The highest BCUT2D eigenvalue weighted by atomic mass is 19.4. The van der Waals surface area contributed by atoms with Gasteiger partial charge in [0.25, 0.3) is 0 Å². The molecule has 4 aromatic heterocycles. The maximum Gasteiger partial charge on any atom is 0.450 e. The number of nitrogens with one attached hydrogen (secondary N) is 2. The summed E-state index contributed by atoms with van der Waals surface area (Å²) < 4.78 is 92.4. The third kappa shape index (κ3) is 7.73. The summed E-state index contributed by atoms with van der Waals surface area (Å²) in [6, 6.07) is 8.99. The molecule has 0 saturated heterocycles. The van der Waals surface area contributed by atoms with Gasteiger partial charge in [-0.25, -0.2) is 24.9 Å². The maximum absolute atomic E-state index is 13.6. The number of fused-ring (bicyclic) bond motifs is 2. The van der Waals surface area contributed by atoms with Gasteiger partial charge >= 0.3 is 12.4 Å². The molecule has 1 saturated carbocycles. The Labute approximate surface area is 286 Å². The van der Waals surface area contributed by atoms with Gasteiger partial charge in [0.2, 0.25) is 11.6 Å². The molecule has 51 heavy (non-hydrogen) atoms. The first-order valence-electron chi connectivity index (χ1n) is 15.7. The van der Waals surface area contributed by atoms with E-state index < -0.39 is 24.0 Å². The summed E-state index contributed by atoms with van der Waals surface area (Å²) >= 11 is 0. The van der Waals surface area contributed by atoms with E-state index in [9.17, 15) is 26.3 Å². The highest BCUT2D eigenvalue weighted by Crippen LogP contribution is 2.36. The fraction of sp³-hybridized carbons (Fsp3) is 0.333. The Kier molecular flexibility index (Phi) is 9.84. The van der Waals surface area contributed by atoms with Crippen molar-refractivity contribution < 1.29 is 35.8 Å². The van der Waals surface area contributed by atoms with E-state index in [1.165, 1.54) is 89.0 Å². The van der Waals surface area contributed by atoms with Crippen LogP contribution in [0.3, 0.4) is 0 Å². The van der Waals surface area contributed by atoms with E-state index in [1.54, 1.807) is 6.07 Å². The van der Waals surface area contributed by atoms with Gasteiger partial charge in [-0.05, 0) is 55.0 Å². The zero-order chi connectivity index (χ0) is 36.3. The maximum atomic E-state index is 13.6. The van der Waals surface area contributed by atoms with E-state index in [-0.39, 0.29) is 39.5 Å². The number of anilines is 1. The largest absolute Gasteiger partial charge is 0.497 e. The number of ether oxygens (including phenoxy) is 2. The lowest BCUT2D eigenvalue weighted by atomic mass is 9.89. The molecule has 0 atom stereocenters. The Balaban J connectivity index is 0.000000183. The molecule has 1 fully saturated rings. The van der Waals surface area contributed by atoms with Crippen molar-refractivity contribution in [1.82, 2.24) is 39.0 Å². The first-order chi connectivity index (χ1) is 24.4. The number of nitrogens with zero attached hydrogens (tertiary/aromatic N) is 8. The van der Waals surface area contributed by atoms with Crippen molar-refractivity contribution in [2.45, 2.75) is 44.5 Å². The number of hydrogen-bond acceptors (Lipinski definition) is 9. The molecule has 12 nitrogen and oxygen atoms in total. The van der Waals surface area contributed by atoms with Gasteiger partial charge in [-0.15, -0.1) is 0 Å². The minimum absolute atomic E-state index is 0.0632. The molecule has 2 aromatic carbocycles. The molecular weight excluding hydrogens is 682 g/mol. The van der Waals surface area contributed by atoms with Crippen LogP contribution in [-0.4, -0.2) is 59.8 Å². The molecule has 2 N–H and O–H groups in total. The lowest BCUT2D eigenvalue weighted by molar-refractivity contribution is -0.146. The van der Waals surface area contributed by atoms with E-state index in [4.69, 9.17) is 15.2 Å². The van der Waals surface area contributed by atoms with E-state index >= 15 is 0 Å². The van der Waals surface area contributed by atoms with Crippen LogP contribution in [-0.2, 0) is 12.4 Å². The smallest absolute Gasteiger partial charge is 0.450 e. The third-order valence-electron chi connectivity index (χ3n) is 8.26. The molecule has 0 amide bonds. The van der Waals surface area contributed by atoms with Gasteiger partial charge in [-0.3, -0.25) is 9.13 Å². The van der Waals surface area contributed by atoms with Crippen LogP contribution in [0.5, 0.6) is 11.5 Å². The summed E-state index contributed by atoms with van der Waals surface area (Å²) in [5.41, 5.74) is 8.10. The van der Waals surface area contributed by atoms with Crippen molar-refractivity contribution in [1.29, 1.82) is 0 Å². The normalized spacial score (nSPS) is 14.0. The number of hydrogen-bond donors (Lipinski definition) is 1. The lowest BCUT2D eigenvalue weighted by Gasteiger charge is -2.21. The number of halogens is 6. The summed E-state index contributed by atoms with van der Waals surface area (Å²) in [5, 5.41) is 3.25. The van der Waals surface area contributed by atoms with E-state index in [1.807, 2.05) is 0 Å². The predicted molar refractivity (Wildman–Crippen MR) is 175 cm³/mol. The predicted octanol–water partition coefficient (Wildman–Crippen LogP) is 8.36. The average Bonchev–Trinajstić information content (AvgIpc) is 3.71. The third-order valence-corrected chi connectivity index (χ3v) is 8.26. The number of methoxy groups -OCH3 is 2. The highest BCUT2D eigenvalue weighted by molar-refractivity contribution is 5.80. The lowest BCUT2D eigenvalue weighted by Crippen LogP contribution is -2.18. The number of imidazole rings is 2. The number of rotatable bonds is 7.